The Balaban J connectivity index is 1.98. The molecule has 0 heterocycles. The van der Waals surface area contributed by atoms with Crippen LogP contribution in [0.15, 0.2) is 0 Å². The van der Waals surface area contributed by atoms with Gasteiger partial charge in [-0.05, 0) is 24.8 Å². The predicted octanol–water partition coefficient (Wildman–Crippen LogP) is 1.77. The van der Waals surface area contributed by atoms with E-state index in [1.165, 1.54) is 32.2 Å². The Morgan fingerprint density at radius 3 is 2.31 bits per heavy atom. The first kappa shape index (κ1) is 11.0. The summed E-state index contributed by atoms with van der Waals surface area (Å²) in [6.07, 6.45) is 5.71. The zero-order valence-electron chi connectivity index (χ0n) is 9.16. The smallest absolute Gasteiger partial charge is 0.00769 e. The van der Waals surface area contributed by atoms with Gasteiger partial charge < -0.3 is 10.6 Å². The maximum Gasteiger partial charge on any atom is 0.00769 e. The van der Waals surface area contributed by atoms with E-state index >= 15 is 0 Å². The standard InChI is InChI=1S/C11H24N2/c1-3-12-8-9-13-10-11(2)6-4-5-7-11/h12-13H,3-10H2,1-2H3. The summed E-state index contributed by atoms with van der Waals surface area (Å²) >= 11 is 0. The van der Waals surface area contributed by atoms with Crippen molar-refractivity contribution in [1.29, 1.82) is 0 Å². The van der Waals surface area contributed by atoms with Gasteiger partial charge in [0.05, 0.1) is 0 Å². The molecule has 2 N–H and O–H groups in total. The number of hydrogen-bond donors (Lipinski definition) is 2. The molecule has 0 aliphatic heterocycles. The molecule has 0 bridgehead atoms. The van der Waals surface area contributed by atoms with Crippen LogP contribution in [0.25, 0.3) is 0 Å². The van der Waals surface area contributed by atoms with Crippen molar-refractivity contribution in [3.05, 3.63) is 0 Å². The highest BCUT2D eigenvalue weighted by atomic mass is 14.9. The maximum atomic E-state index is 3.54. The van der Waals surface area contributed by atoms with E-state index in [2.05, 4.69) is 24.5 Å². The molecule has 2 nitrogen and oxygen atoms in total. The summed E-state index contributed by atoms with van der Waals surface area (Å²) in [6.45, 7) is 9.08. The highest BCUT2D eigenvalue weighted by Crippen LogP contribution is 2.36. The first-order valence-electron chi connectivity index (χ1n) is 5.68. The van der Waals surface area contributed by atoms with E-state index in [1.54, 1.807) is 0 Å². The normalized spacial score (nSPS) is 20.8. The molecule has 78 valence electrons. The third kappa shape index (κ3) is 4.10. The molecule has 1 rings (SSSR count). The summed E-state index contributed by atoms with van der Waals surface area (Å²) in [5.74, 6) is 0. The largest absolute Gasteiger partial charge is 0.316 e. The molecule has 0 radical (unpaired) electrons. The minimum Gasteiger partial charge on any atom is -0.316 e. The van der Waals surface area contributed by atoms with Crippen molar-refractivity contribution in [3.8, 4) is 0 Å². The first-order chi connectivity index (χ1) is 6.27. The molecule has 13 heavy (non-hydrogen) atoms. The van der Waals surface area contributed by atoms with Crippen molar-refractivity contribution in [2.45, 2.75) is 39.5 Å². The van der Waals surface area contributed by atoms with Crippen LogP contribution in [-0.4, -0.2) is 26.2 Å². The zero-order valence-corrected chi connectivity index (χ0v) is 9.16. The molecular weight excluding hydrogens is 160 g/mol. The Labute approximate surface area is 82.5 Å². The molecule has 0 saturated heterocycles. The topological polar surface area (TPSA) is 24.1 Å². The molecule has 0 unspecified atom stereocenters. The van der Waals surface area contributed by atoms with Gasteiger partial charge in [-0.3, -0.25) is 0 Å². The quantitative estimate of drug-likeness (QED) is 0.615. The lowest BCUT2D eigenvalue weighted by atomic mass is 9.89. The third-order valence-corrected chi connectivity index (χ3v) is 3.09. The SMILES string of the molecule is CCNCCNCC1(C)CCCC1. The van der Waals surface area contributed by atoms with E-state index in [-0.39, 0.29) is 0 Å². The Morgan fingerprint density at radius 1 is 1.08 bits per heavy atom. The minimum absolute atomic E-state index is 0.603. The van der Waals surface area contributed by atoms with Gasteiger partial charge in [-0.15, -0.1) is 0 Å². The van der Waals surface area contributed by atoms with E-state index in [1.807, 2.05) is 0 Å². The van der Waals surface area contributed by atoms with Gasteiger partial charge in [0.1, 0.15) is 0 Å². The molecule has 0 aromatic heterocycles. The van der Waals surface area contributed by atoms with Crippen molar-refractivity contribution in [1.82, 2.24) is 10.6 Å². The zero-order chi connectivity index (χ0) is 9.57. The van der Waals surface area contributed by atoms with Crippen LogP contribution >= 0.6 is 0 Å². The second kappa shape index (κ2) is 5.61. The summed E-state index contributed by atoms with van der Waals surface area (Å²) in [5.41, 5.74) is 0.603. The summed E-state index contributed by atoms with van der Waals surface area (Å²) < 4.78 is 0. The minimum atomic E-state index is 0.603. The highest BCUT2D eigenvalue weighted by Gasteiger charge is 2.27. The fraction of sp³-hybridized carbons (Fsp3) is 1.00. The molecule has 1 saturated carbocycles. The van der Waals surface area contributed by atoms with Crippen LogP contribution in [-0.2, 0) is 0 Å². The van der Waals surface area contributed by atoms with Gasteiger partial charge in [0.2, 0.25) is 0 Å². The van der Waals surface area contributed by atoms with E-state index in [9.17, 15) is 0 Å². The number of likely N-dealkylation sites (N-methyl/N-ethyl adjacent to an activating group) is 1. The molecule has 2 heteroatoms. The number of hydrogen-bond acceptors (Lipinski definition) is 2. The second-order valence-electron chi connectivity index (χ2n) is 4.55. The average Bonchev–Trinajstić information content (AvgIpc) is 2.53. The van der Waals surface area contributed by atoms with Gasteiger partial charge in [0.15, 0.2) is 0 Å². The average molecular weight is 184 g/mol. The Hall–Kier alpha value is -0.0800. The van der Waals surface area contributed by atoms with Gasteiger partial charge in [-0.25, -0.2) is 0 Å². The molecule has 1 aliphatic carbocycles. The molecule has 1 fully saturated rings. The second-order valence-corrected chi connectivity index (χ2v) is 4.55. The lowest BCUT2D eigenvalue weighted by molar-refractivity contribution is 0.316. The first-order valence-corrected chi connectivity index (χ1v) is 5.68. The van der Waals surface area contributed by atoms with Crippen molar-refractivity contribution in [3.63, 3.8) is 0 Å². The molecule has 0 amide bonds. The summed E-state index contributed by atoms with van der Waals surface area (Å²) in [7, 11) is 0. The summed E-state index contributed by atoms with van der Waals surface area (Å²) in [5, 5.41) is 6.86. The predicted molar refractivity (Wildman–Crippen MR) is 58.0 cm³/mol. The van der Waals surface area contributed by atoms with Crippen LogP contribution in [0.3, 0.4) is 0 Å². The Bertz CT molecular complexity index is 128. The maximum absolute atomic E-state index is 3.54. The molecule has 0 atom stereocenters. The number of nitrogens with one attached hydrogen (secondary N) is 2. The highest BCUT2D eigenvalue weighted by molar-refractivity contribution is 4.82. The Kier molecular flexibility index (Phi) is 4.74. The van der Waals surface area contributed by atoms with Crippen molar-refractivity contribution in [2.75, 3.05) is 26.2 Å². The lowest BCUT2D eigenvalue weighted by Gasteiger charge is -2.23. The molecule has 1 aliphatic rings. The van der Waals surface area contributed by atoms with Gasteiger partial charge in [-0.1, -0.05) is 26.7 Å². The summed E-state index contributed by atoms with van der Waals surface area (Å²) in [4.78, 5) is 0. The van der Waals surface area contributed by atoms with E-state index in [0.717, 1.165) is 19.6 Å². The summed E-state index contributed by atoms with van der Waals surface area (Å²) in [6, 6.07) is 0. The molecule has 0 spiro atoms. The Morgan fingerprint density at radius 2 is 1.69 bits per heavy atom. The van der Waals surface area contributed by atoms with Crippen molar-refractivity contribution < 1.29 is 0 Å². The van der Waals surface area contributed by atoms with Crippen LogP contribution in [0.4, 0.5) is 0 Å². The van der Waals surface area contributed by atoms with Gasteiger partial charge in [-0.2, -0.15) is 0 Å². The molecule has 0 aromatic carbocycles. The van der Waals surface area contributed by atoms with Crippen molar-refractivity contribution in [2.24, 2.45) is 5.41 Å². The third-order valence-electron chi connectivity index (χ3n) is 3.09. The lowest BCUT2D eigenvalue weighted by Crippen LogP contribution is -2.34. The number of rotatable bonds is 6. The van der Waals surface area contributed by atoms with E-state index in [0.29, 0.717) is 5.41 Å². The van der Waals surface area contributed by atoms with Crippen LogP contribution in [0, 0.1) is 5.41 Å². The van der Waals surface area contributed by atoms with Gasteiger partial charge >= 0.3 is 0 Å². The van der Waals surface area contributed by atoms with Crippen LogP contribution < -0.4 is 10.6 Å². The molecule has 0 aromatic rings. The van der Waals surface area contributed by atoms with Crippen LogP contribution in [0.2, 0.25) is 0 Å². The van der Waals surface area contributed by atoms with Crippen molar-refractivity contribution >= 4 is 0 Å². The van der Waals surface area contributed by atoms with Gasteiger partial charge in [0, 0.05) is 19.6 Å². The van der Waals surface area contributed by atoms with Gasteiger partial charge in [0.25, 0.3) is 0 Å². The fourth-order valence-corrected chi connectivity index (χ4v) is 2.15. The molecular formula is C11H24N2. The fourth-order valence-electron chi connectivity index (χ4n) is 2.15. The monoisotopic (exact) mass is 184 g/mol. The van der Waals surface area contributed by atoms with Crippen LogP contribution in [0.5, 0.6) is 0 Å². The van der Waals surface area contributed by atoms with E-state index in [4.69, 9.17) is 0 Å². The van der Waals surface area contributed by atoms with Crippen LogP contribution in [0.1, 0.15) is 39.5 Å². The van der Waals surface area contributed by atoms with E-state index < -0.39 is 0 Å².